The number of phenolic OH excluding ortho intramolecular Hbond substituents is 8. The maximum Gasteiger partial charge on any atom is 0.338 e. The predicted molar refractivity (Wildman–Crippen MR) is 129 cm³/mol. The lowest BCUT2D eigenvalue weighted by Crippen LogP contribution is -2.37. The van der Waals surface area contributed by atoms with Gasteiger partial charge < -0.3 is 56.1 Å². The lowest BCUT2D eigenvalue weighted by atomic mass is 9.92. The second kappa shape index (κ2) is 9.95. The van der Waals surface area contributed by atoms with Crippen molar-refractivity contribution >= 4 is 17.7 Å². The smallest absolute Gasteiger partial charge is 0.338 e. The first kappa shape index (κ1) is 25.7. The van der Waals surface area contributed by atoms with Crippen LogP contribution in [0.4, 0.5) is 0 Å². The highest BCUT2D eigenvalue weighted by molar-refractivity contribution is 7.99. The van der Waals surface area contributed by atoms with E-state index in [1.807, 2.05) is 0 Å². The van der Waals surface area contributed by atoms with Crippen LogP contribution in [0.2, 0.25) is 0 Å². The SMILES string of the molecule is NCCSC1c2c(O)cc(O)cc2O[C@H](c2cc(O)c(O)c(O)c2)[C@@H]1OC(=O)c1cc(O)c(O)c(O)c1. The number of carbonyl (C=O) groups excluding carboxylic acids is 1. The van der Waals surface area contributed by atoms with E-state index in [0.29, 0.717) is 5.75 Å². The third-order valence-corrected chi connectivity index (χ3v) is 6.96. The van der Waals surface area contributed by atoms with Crippen molar-refractivity contribution in [3.8, 4) is 51.7 Å². The van der Waals surface area contributed by atoms with Crippen LogP contribution in [-0.2, 0) is 4.74 Å². The second-order valence-electron chi connectivity index (χ2n) is 8.14. The van der Waals surface area contributed by atoms with Gasteiger partial charge in [-0.3, -0.25) is 0 Å². The Balaban J connectivity index is 1.85. The number of thioether (sulfide) groups is 1. The van der Waals surface area contributed by atoms with Crippen molar-refractivity contribution in [1.82, 2.24) is 0 Å². The Labute approximate surface area is 213 Å². The molecule has 0 aromatic heterocycles. The Morgan fingerprint density at radius 1 is 0.838 bits per heavy atom. The van der Waals surface area contributed by atoms with Gasteiger partial charge in [0.2, 0.25) is 0 Å². The monoisotopic (exact) mass is 533 g/mol. The number of benzene rings is 3. The Bertz CT molecular complexity index is 1320. The van der Waals surface area contributed by atoms with E-state index in [9.17, 15) is 45.6 Å². The lowest BCUT2D eigenvalue weighted by molar-refractivity contribution is -0.0203. The van der Waals surface area contributed by atoms with E-state index >= 15 is 0 Å². The molecule has 0 spiro atoms. The Morgan fingerprint density at radius 2 is 1.41 bits per heavy atom. The van der Waals surface area contributed by atoms with Crippen molar-refractivity contribution in [2.75, 3.05) is 12.3 Å². The third kappa shape index (κ3) is 4.86. The quantitative estimate of drug-likeness (QED) is 0.164. The summed E-state index contributed by atoms with van der Waals surface area (Å²) >= 11 is 1.19. The van der Waals surface area contributed by atoms with Gasteiger partial charge in [-0.25, -0.2) is 4.79 Å². The van der Waals surface area contributed by atoms with Gasteiger partial charge in [-0.15, -0.1) is 11.8 Å². The number of phenols is 8. The van der Waals surface area contributed by atoms with Crippen LogP contribution in [0.15, 0.2) is 36.4 Å². The molecule has 4 rings (SSSR count). The number of hydrogen-bond donors (Lipinski definition) is 9. The van der Waals surface area contributed by atoms with Crippen molar-refractivity contribution in [2.45, 2.75) is 17.5 Å². The molecule has 0 radical (unpaired) electrons. The van der Waals surface area contributed by atoms with Gasteiger partial charge in [0.05, 0.1) is 16.4 Å². The molecule has 1 heterocycles. The summed E-state index contributed by atoms with van der Waals surface area (Å²) in [5.74, 6) is -5.92. The highest BCUT2D eigenvalue weighted by atomic mass is 32.2. The van der Waals surface area contributed by atoms with Crippen LogP contribution in [0.3, 0.4) is 0 Å². The number of nitrogens with two attached hydrogens (primary N) is 1. The molecule has 37 heavy (non-hydrogen) atoms. The van der Waals surface area contributed by atoms with Crippen LogP contribution in [0.25, 0.3) is 0 Å². The number of carbonyl (C=O) groups is 1. The molecule has 0 aliphatic carbocycles. The third-order valence-electron chi connectivity index (χ3n) is 5.62. The topological polar surface area (TPSA) is 223 Å². The fourth-order valence-corrected chi connectivity index (χ4v) is 5.15. The molecule has 1 aliphatic rings. The van der Waals surface area contributed by atoms with Crippen LogP contribution in [-0.4, -0.2) is 65.2 Å². The molecule has 196 valence electrons. The number of esters is 1. The normalized spacial score (nSPS) is 18.6. The molecule has 10 N–H and O–H groups in total. The van der Waals surface area contributed by atoms with Gasteiger partial charge in [-0.05, 0) is 24.3 Å². The van der Waals surface area contributed by atoms with Gasteiger partial charge >= 0.3 is 5.97 Å². The maximum atomic E-state index is 13.1. The number of fused-ring (bicyclic) bond motifs is 1. The van der Waals surface area contributed by atoms with Crippen LogP contribution < -0.4 is 10.5 Å². The summed E-state index contributed by atoms with van der Waals surface area (Å²) in [5.41, 5.74) is 5.59. The standard InChI is InChI=1S/C24H23NO11S/c25-1-2-37-23-18-12(27)7-11(26)8-17(18)35-21(9-3-13(28)19(32)14(29)4-9)22(23)36-24(34)10-5-15(30)20(33)16(31)6-10/h3-8,21-23,26-33H,1-2,25H2/t21-,22+,23?/m1/s1. The molecule has 13 heteroatoms. The highest BCUT2D eigenvalue weighted by Crippen LogP contribution is 2.54. The van der Waals surface area contributed by atoms with Crippen molar-refractivity contribution in [1.29, 1.82) is 0 Å². The minimum absolute atomic E-state index is 0.0243. The molecular weight excluding hydrogens is 510 g/mol. The van der Waals surface area contributed by atoms with E-state index in [-0.39, 0.29) is 40.5 Å². The average molecular weight is 534 g/mol. The first-order valence-corrected chi connectivity index (χ1v) is 11.8. The minimum atomic E-state index is -1.28. The van der Waals surface area contributed by atoms with Crippen molar-refractivity contribution in [2.24, 2.45) is 5.73 Å². The van der Waals surface area contributed by atoms with Crippen molar-refractivity contribution < 1.29 is 55.1 Å². The second-order valence-corrected chi connectivity index (χ2v) is 9.39. The molecule has 0 saturated heterocycles. The number of hydrogen-bond acceptors (Lipinski definition) is 13. The Hall–Kier alpha value is -4.36. The zero-order valence-electron chi connectivity index (χ0n) is 18.9. The van der Waals surface area contributed by atoms with Gasteiger partial charge in [0, 0.05) is 30.0 Å². The molecule has 3 atom stereocenters. The molecule has 3 aromatic carbocycles. The van der Waals surface area contributed by atoms with Crippen LogP contribution >= 0.6 is 11.8 Å². The molecule has 12 nitrogen and oxygen atoms in total. The summed E-state index contributed by atoms with van der Waals surface area (Å²) in [4.78, 5) is 13.1. The fraction of sp³-hybridized carbons (Fsp3) is 0.208. The summed E-state index contributed by atoms with van der Waals surface area (Å²) in [7, 11) is 0. The molecule has 0 fully saturated rings. The average Bonchev–Trinajstić information content (AvgIpc) is 2.83. The van der Waals surface area contributed by atoms with E-state index in [2.05, 4.69) is 0 Å². The van der Waals surface area contributed by atoms with Gasteiger partial charge in [0.1, 0.15) is 17.2 Å². The zero-order chi connectivity index (χ0) is 27.0. The van der Waals surface area contributed by atoms with Crippen molar-refractivity contribution in [3.05, 3.63) is 53.1 Å². The minimum Gasteiger partial charge on any atom is -0.508 e. The lowest BCUT2D eigenvalue weighted by Gasteiger charge is -2.39. The van der Waals surface area contributed by atoms with Crippen LogP contribution in [0.1, 0.15) is 32.8 Å². The molecule has 3 aromatic rings. The molecular formula is C24H23NO11S. The number of aromatic hydroxyl groups is 8. The number of ether oxygens (including phenoxy) is 2. The van der Waals surface area contributed by atoms with Crippen LogP contribution in [0.5, 0.6) is 51.7 Å². The number of rotatable bonds is 6. The van der Waals surface area contributed by atoms with E-state index in [0.717, 1.165) is 30.3 Å². The molecule has 0 amide bonds. The molecule has 1 unspecified atom stereocenters. The van der Waals surface area contributed by atoms with E-state index in [1.165, 1.54) is 17.8 Å². The fourth-order valence-electron chi connectivity index (χ4n) is 3.97. The van der Waals surface area contributed by atoms with E-state index in [1.54, 1.807) is 0 Å². The first-order chi connectivity index (χ1) is 17.5. The summed E-state index contributed by atoms with van der Waals surface area (Å²) in [6, 6.07) is 6.21. The molecule has 0 saturated carbocycles. The summed E-state index contributed by atoms with van der Waals surface area (Å²) in [5, 5.41) is 79.0. The van der Waals surface area contributed by atoms with Crippen LogP contribution in [0, 0.1) is 0 Å². The maximum absolute atomic E-state index is 13.1. The highest BCUT2D eigenvalue weighted by Gasteiger charge is 2.44. The van der Waals surface area contributed by atoms with Gasteiger partial charge in [0.25, 0.3) is 0 Å². The van der Waals surface area contributed by atoms with Gasteiger partial charge in [-0.1, -0.05) is 0 Å². The summed E-state index contributed by atoms with van der Waals surface area (Å²) in [6.07, 6.45) is -2.54. The summed E-state index contributed by atoms with van der Waals surface area (Å²) < 4.78 is 11.7. The molecule has 0 bridgehead atoms. The zero-order valence-corrected chi connectivity index (χ0v) is 19.7. The Kier molecular flexibility index (Phi) is 6.92. The van der Waals surface area contributed by atoms with Gasteiger partial charge in [0.15, 0.2) is 46.7 Å². The Morgan fingerprint density at radius 3 is 1.97 bits per heavy atom. The summed E-state index contributed by atoms with van der Waals surface area (Å²) in [6.45, 7) is 0.210. The van der Waals surface area contributed by atoms with E-state index < -0.39 is 57.9 Å². The first-order valence-electron chi connectivity index (χ1n) is 10.8. The van der Waals surface area contributed by atoms with E-state index in [4.69, 9.17) is 15.2 Å². The predicted octanol–water partition coefficient (Wildman–Crippen LogP) is 2.42. The van der Waals surface area contributed by atoms with Crippen molar-refractivity contribution in [3.63, 3.8) is 0 Å². The molecule has 1 aliphatic heterocycles. The van der Waals surface area contributed by atoms with Gasteiger partial charge in [-0.2, -0.15) is 0 Å². The largest absolute Gasteiger partial charge is 0.508 e.